The molecule has 4 heteroatoms. The summed E-state index contributed by atoms with van der Waals surface area (Å²) >= 11 is 1.39. The third kappa shape index (κ3) is 1.40. The Balaban J connectivity index is 2.61. The Hall–Kier alpha value is -1.68. The van der Waals surface area contributed by atoms with Crippen molar-refractivity contribution in [3.8, 4) is 21.9 Å². The lowest BCUT2D eigenvalue weighted by molar-refractivity contribution is 0.454. The van der Waals surface area contributed by atoms with Crippen molar-refractivity contribution in [2.75, 3.05) is 5.73 Å². The maximum Gasteiger partial charge on any atom is 0.127 e. The summed E-state index contributed by atoms with van der Waals surface area (Å²) in [4.78, 5) is 0.762. The Kier molecular flexibility index (Phi) is 2.05. The van der Waals surface area contributed by atoms with Gasteiger partial charge < -0.3 is 15.9 Å². The Morgan fingerprint density at radius 2 is 1.79 bits per heavy atom. The Labute approximate surface area is 85.1 Å². The average Bonchev–Trinajstić information content (AvgIpc) is 2.51. The van der Waals surface area contributed by atoms with Gasteiger partial charge in [-0.1, -0.05) is 6.07 Å². The van der Waals surface area contributed by atoms with E-state index in [4.69, 9.17) is 5.73 Å². The molecule has 0 saturated carbocycles. The SMILES string of the molecule is Nc1csc(-c2c(O)cccc2O)c1. The predicted molar refractivity (Wildman–Crippen MR) is 57.5 cm³/mol. The maximum absolute atomic E-state index is 9.56. The molecule has 1 aromatic carbocycles. The Morgan fingerprint density at radius 3 is 2.29 bits per heavy atom. The summed E-state index contributed by atoms with van der Waals surface area (Å²) in [5, 5.41) is 20.9. The van der Waals surface area contributed by atoms with E-state index in [1.54, 1.807) is 17.5 Å². The highest BCUT2D eigenvalue weighted by Gasteiger charge is 2.10. The largest absolute Gasteiger partial charge is 0.507 e. The number of aromatic hydroxyl groups is 2. The van der Waals surface area contributed by atoms with Gasteiger partial charge in [0.25, 0.3) is 0 Å². The lowest BCUT2D eigenvalue weighted by atomic mass is 10.1. The van der Waals surface area contributed by atoms with Crippen LogP contribution < -0.4 is 5.73 Å². The molecule has 2 aromatic rings. The second kappa shape index (κ2) is 3.23. The second-order valence-corrected chi connectivity index (χ2v) is 3.83. The number of benzene rings is 1. The molecule has 4 N–H and O–H groups in total. The first-order valence-electron chi connectivity index (χ1n) is 4.04. The van der Waals surface area contributed by atoms with Crippen LogP contribution in [-0.4, -0.2) is 10.2 Å². The van der Waals surface area contributed by atoms with Gasteiger partial charge in [-0.15, -0.1) is 11.3 Å². The minimum Gasteiger partial charge on any atom is -0.507 e. The number of phenols is 2. The van der Waals surface area contributed by atoms with E-state index < -0.39 is 0 Å². The predicted octanol–water partition coefficient (Wildman–Crippen LogP) is 2.41. The number of hydrogen-bond donors (Lipinski definition) is 3. The van der Waals surface area contributed by atoms with Crippen LogP contribution in [0.4, 0.5) is 5.69 Å². The molecular formula is C10H9NO2S. The van der Waals surface area contributed by atoms with Gasteiger partial charge in [0.2, 0.25) is 0 Å². The molecule has 2 rings (SSSR count). The first kappa shape index (κ1) is 8.90. The molecule has 1 heterocycles. The Bertz CT molecular complexity index is 445. The molecular weight excluding hydrogens is 198 g/mol. The molecule has 0 atom stereocenters. The number of nitrogens with two attached hydrogens (primary N) is 1. The molecule has 0 aliphatic heterocycles. The second-order valence-electron chi connectivity index (χ2n) is 2.92. The van der Waals surface area contributed by atoms with Gasteiger partial charge in [0.05, 0.1) is 5.56 Å². The highest BCUT2D eigenvalue weighted by molar-refractivity contribution is 7.14. The quantitative estimate of drug-likeness (QED) is 0.672. The zero-order valence-corrected chi connectivity index (χ0v) is 8.08. The summed E-state index contributed by atoms with van der Waals surface area (Å²) in [6.45, 7) is 0. The van der Waals surface area contributed by atoms with Gasteiger partial charge >= 0.3 is 0 Å². The smallest absolute Gasteiger partial charge is 0.127 e. The van der Waals surface area contributed by atoms with Gasteiger partial charge in [0.15, 0.2) is 0 Å². The molecule has 0 saturated heterocycles. The number of nitrogen functional groups attached to an aromatic ring is 1. The van der Waals surface area contributed by atoms with Gasteiger partial charge in [-0.2, -0.15) is 0 Å². The number of phenolic OH excluding ortho intramolecular Hbond substituents is 2. The summed E-state index contributed by atoms with van der Waals surface area (Å²) in [6, 6.07) is 6.38. The highest BCUT2D eigenvalue weighted by Crippen LogP contribution is 2.40. The highest BCUT2D eigenvalue weighted by atomic mass is 32.1. The summed E-state index contributed by atoms with van der Waals surface area (Å²) in [5.41, 5.74) is 6.63. The molecule has 0 aliphatic rings. The van der Waals surface area contributed by atoms with Gasteiger partial charge in [-0.3, -0.25) is 0 Å². The van der Waals surface area contributed by atoms with Crippen molar-refractivity contribution in [3.05, 3.63) is 29.6 Å². The monoisotopic (exact) mass is 207 g/mol. The van der Waals surface area contributed by atoms with Crippen molar-refractivity contribution in [3.63, 3.8) is 0 Å². The fraction of sp³-hybridized carbons (Fsp3) is 0. The first-order valence-corrected chi connectivity index (χ1v) is 4.92. The molecule has 0 unspecified atom stereocenters. The van der Waals surface area contributed by atoms with Crippen LogP contribution in [0, 0.1) is 0 Å². The van der Waals surface area contributed by atoms with Crippen molar-refractivity contribution < 1.29 is 10.2 Å². The lowest BCUT2D eigenvalue weighted by Crippen LogP contribution is -1.78. The van der Waals surface area contributed by atoms with Crippen LogP contribution >= 0.6 is 11.3 Å². The molecule has 0 amide bonds. The average molecular weight is 207 g/mol. The number of rotatable bonds is 1. The Morgan fingerprint density at radius 1 is 1.14 bits per heavy atom. The number of anilines is 1. The van der Waals surface area contributed by atoms with E-state index in [9.17, 15) is 10.2 Å². The minimum absolute atomic E-state index is 0.0619. The fourth-order valence-electron chi connectivity index (χ4n) is 1.26. The summed E-state index contributed by atoms with van der Waals surface area (Å²) in [5.74, 6) is 0.124. The molecule has 1 aromatic heterocycles. The first-order chi connectivity index (χ1) is 6.68. The summed E-state index contributed by atoms with van der Waals surface area (Å²) in [7, 11) is 0. The van der Waals surface area contributed by atoms with Gasteiger partial charge in [0.1, 0.15) is 11.5 Å². The zero-order chi connectivity index (χ0) is 10.1. The molecule has 0 radical (unpaired) electrons. The van der Waals surface area contributed by atoms with Crippen LogP contribution in [0.2, 0.25) is 0 Å². The zero-order valence-electron chi connectivity index (χ0n) is 7.27. The normalized spacial score (nSPS) is 10.3. The van der Waals surface area contributed by atoms with Crippen molar-refractivity contribution in [2.45, 2.75) is 0 Å². The lowest BCUT2D eigenvalue weighted by Gasteiger charge is -2.03. The van der Waals surface area contributed by atoms with Gasteiger partial charge in [-0.05, 0) is 18.2 Å². The molecule has 72 valence electrons. The fourth-order valence-corrected chi connectivity index (χ4v) is 2.12. The van der Waals surface area contributed by atoms with Crippen LogP contribution in [-0.2, 0) is 0 Å². The van der Waals surface area contributed by atoms with Crippen molar-refractivity contribution >= 4 is 17.0 Å². The van der Waals surface area contributed by atoms with E-state index in [1.165, 1.54) is 23.5 Å². The van der Waals surface area contributed by atoms with Gasteiger partial charge in [-0.25, -0.2) is 0 Å². The number of thiophene rings is 1. The maximum atomic E-state index is 9.56. The van der Waals surface area contributed by atoms with Gasteiger partial charge in [0, 0.05) is 15.9 Å². The van der Waals surface area contributed by atoms with Crippen LogP contribution in [0.1, 0.15) is 0 Å². The molecule has 0 spiro atoms. The standard InChI is InChI=1S/C10H9NO2S/c11-6-4-9(14-5-6)10-7(12)2-1-3-8(10)13/h1-5,12-13H,11H2. The van der Waals surface area contributed by atoms with Crippen LogP contribution in [0.15, 0.2) is 29.6 Å². The minimum atomic E-state index is 0.0619. The number of hydrogen-bond acceptors (Lipinski definition) is 4. The van der Waals surface area contributed by atoms with E-state index in [-0.39, 0.29) is 11.5 Å². The third-order valence-corrected chi connectivity index (χ3v) is 2.85. The third-order valence-electron chi connectivity index (χ3n) is 1.89. The van der Waals surface area contributed by atoms with E-state index in [0.717, 1.165) is 4.88 Å². The van der Waals surface area contributed by atoms with E-state index in [2.05, 4.69) is 0 Å². The molecule has 0 fully saturated rings. The van der Waals surface area contributed by atoms with Crippen LogP contribution in [0.3, 0.4) is 0 Å². The van der Waals surface area contributed by atoms with E-state index >= 15 is 0 Å². The summed E-state index contributed by atoms with van der Waals surface area (Å²) < 4.78 is 0. The van der Waals surface area contributed by atoms with Crippen LogP contribution in [0.25, 0.3) is 10.4 Å². The van der Waals surface area contributed by atoms with E-state index in [1.807, 2.05) is 0 Å². The molecule has 3 nitrogen and oxygen atoms in total. The topological polar surface area (TPSA) is 66.5 Å². The van der Waals surface area contributed by atoms with Crippen LogP contribution in [0.5, 0.6) is 11.5 Å². The summed E-state index contributed by atoms with van der Waals surface area (Å²) in [6.07, 6.45) is 0. The van der Waals surface area contributed by atoms with Crippen molar-refractivity contribution in [1.82, 2.24) is 0 Å². The van der Waals surface area contributed by atoms with E-state index in [0.29, 0.717) is 11.3 Å². The van der Waals surface area contributed by atoms with Crippen molar-refractivity contribution in [1.29, 1.82) is 0 Å². The molecule has 0 aliphatic carbocycles. The molecule has 14 heavy (non-hydrogen) atoms. The molecule has 0 bridgehead atoms. The van der Waals surface area contributed by atoms with Crippen molar-refractivity contribution in [2.24, 2.45) is 0 Å².